The normalized spacial score (nSPS) is 17.3. The van der Waals surface area contributed by atoms with E-state index in [0.29, 0.717) is 11.4 Å². The van der Waals surface area contributed by atoms with Crippen LogP contribution in [0, 0.1) is 13.8 Å². The molecular weight excluding hydrogens is 359 g/mol. The first-order valence-corrected chi connectivity index (χ1v) is 8.73. The van der Waals surface area contributed by atoms with E-state index in [9.17, 15) is 18.0 Å². The first-order valence-electron chi connectivity index (χ1n) is 8.73. The zero-order chi connectivity index (χ0) is 19.8. The van der Waals surface area contributed by atoms with Crippen molar-refractivity contribution >= 4 is 5.91 Å². The average Bonchev–Trinajstić information content (AvgIpc) is 3.24. The number of hydrogen-bond acceptors (Lipinski definition) is 4. The summed E-state index contributed by atoms with van der Waals surface area (Å²) in [5.74, 6) is 0.283. The molecule has 2 aromatic heterocycles. The molecule has 3 heterocycles. The van der Waals surface area contributed by atoms with Crippen molar-refractivity contribution in [3.05, 3.63) is 40.8 Å². The van der Waals surface area contributed by atoms with Gasteiger partial charge in [-0.3, -0.25) is 4.79 Å². The molecule has 0 aromatic carbocycles. The minimum atomic E-state index is -4.43. The Morgan fingerprint density at radius 1 is 1.37 bits per heavy atom. The molecule has 0 aliphatic carbocycles. The van der Waals surface area contributed by atoms with E-state index in [2.05, 4.69) is 15.4 Å². The molecule has 1 atom stereocenters. The van der Waals surface area contributed by atoms with Crippen molar-refractivity contribution < 1.29 is 18.0 Å². The van der Waals surface area contributed by atoms with Crippen LogP contribution in [0.3, 0.4) is 0 Å². The van der Waals surface area contributed by atoms with E-state index in [0.717, 1.165) is 37.3 Å². The smallest absolute Gasteiger partial charge is 0.341 e. The molecule has 146 valence electrons. The minimum Gasteiger partial charge on any atom is -0.341 e. The third-order valence-electron chi connectivity index (χ3n) is 5.04. The fourth-order valence-corrected chi connectivity index (χ4v) is 3.28. The largest absolute Gasteiger partial charge is 0.417 e. The summed E-state index contributed by atoms with van der Waals surface area (Å²) in [6.45, 7) is 5.26. The highest BCUT2D eigenvalue weighted by atomic mass is 19.4. The molecule has 1 N–H and O–H groups in total. The number of rotatable bonds is 4. The molecule has 0 saturated carbocycles. The molecular formula is C18H22F3N5O. The zero-order valence-corrected chi connectivity index (χ0v) is 15.5. The van der Waals surface area contributed by atoms with Gasteiger partial charge in [0.2, 0.25) is 5.91 Å². The fraction of sp³-hybridized carbons (Fsp3) is 0.500. The van der Waals surface area contributed by atoms with E-state index in [4.69, 9.17) is 0 Å². The van der Waals surface area contributed by atoms with Crippen LogP contribution in [0.4, 0.5) is 13.2 Å². The Morgan fingerprint density at radius 3 is 2.67 bits per heavy atom. The van der Waals surface area contributed by atoms with Crippen molar-refractivity contribution in [3.63, 3.8) is 0 Å². The summed E-state index contributed by atoms with van der Waals surface area (Å²) in [4.78, 5) is 18.3. The van der Waals surface area contributed by atoms with Crippen LogP contribution in [0.25, 0.3) is 5.82 Å². The first kappa shape index (κ1) is 19.3. The lowest BCUT2D eigenvalue weighted by atomic mass is 10.1. The van der Waals surface area contributed by atoms with Crippen molar-refractivity contribution in [1.82, 2.24) is 25.0 Å². The molecule has 1 amide bonds. The van der Waals surface area contributed by atoms with E-state index >= 15 is 0 Å². The number of likely N-dealkylation sites (N-methyl/N-ethyl adjacent to an activating group) is 1. The van der Waals surface area contributed by atoms with Gasteiger partial charge in [0.05, 0.1) is 17.7 Å². The van der Waals surface area contributed by atoms with Crippen LogP contribution in [0.1, 0.15) is 28.9 Å². The number of aryl methyl sites for hydroxylation is 1. The standard InChI is InChI=1S/C18H22F3N5O/c1-11-15(8-17(27)25(3)14-6-7-22-10-14)12(2)26(24-11)16-5-4-13(9-23-16)18(19,20)21/h4-5,9,14,22H,6-8,10H2,1-3H3/t14-/m1/s1. The summed E-state index contributed by atoms with van der Waals surface area (Å²) >= 11 is 0. The van der Waals surface area contributed by atoms with Crippen LogP contribution >= 0.6 is 0 Å². The molecule has 0 radical (unpaired) electrons. The SMILES string of the molecule is Cc1nn(-c2ccc(C(F)(F)F)cn2)c(C)c1CC(=O)N(C)[C@@H]1CCNC1. The van der Waals surface area contributed by atoms with E-state index < -0.39 is 11.7 Å². The van der Waals surface area contributed by atoms with Crippen molar-refractivity contribution in [2.45, 2.75) is 38.9 Å². The molecule has 6 nitrogen and oxygen atoms in total. The van der Waals surface area contributed by atoms with Gasteiger partial charge >= 0.3 is 6.18 Å². The van der Waals surface area contributed by atoms with Crippen LogP contribution in [0.2, 0.25) is 0 Å². The molecule has 3 rings (SSSR count). The lowest BCUT2D eigenvalue weighted by Gasteiger charge is -2.23. The van der Waals surface area contributed by atoms with Crippen molar-refractivity contribution in [2.75, 3.05) is 20.1 Å². The number of nitrogens with zero attached hydrogens (tertiary/aromatic N) is 4. The lowest BCUT2D eigenvalue weighted by Crippen LogP contribution is -2.39. The average molecular weight is 381 g/mol. The van der Waals surface area contributed by atoms with Gasteiger partial charge < -0.3 is 10.2 Å². The predicted molar refractivity (Wildman–Crippen MR) is 93.6 cm³/mol. The summed E-state index contributed by atoms with van der Waals surface area (Å²) in [5, 5.41) is 7.61. The summed E-state index contributed by atoms with van der Waals surface area (Å²) in [5.41, 5.74) is 1.33. The molecule has 27 heavy (non-hydrogen) atoms. The molecule has 2 aromatic rings. The third kappa shape index (κ3) is 3.97. The quantitative estimate of drug-likeness (QED) is 0.883. The summed E-state index contributed by atoms with van der Waals surface area (Å²) in [6.07, 6.45) is -2.52. The number of carbonyl (C=O) groups excluding carboxylic acids is 1. The number of alkyl halides is 3. The Bertz CT molecular complexity index is 823. The number of hydrogen-bond donors (Lipinski definition) is 1. The molecule has 1 aliphatic rings. The Labute approximate surface area is 155 Å². The van der Waals surface area contributed by atoms with Gasteiger partial charge in [0.1, 0.15) is 0 Å². The van der Waals surface area contributed by atoms with Gasteiger partial charge in [-0.2, -0.15) is 18.3 Å². The number of amides is 1. The summed E-state index contributed by atoms with van der Waals surface area (Å²) in [7, 11) is 1.80. The highest BCUT2D eigenvalue weighted by Gasteiger charge is 2.31. The second-order valence-electron chi connectivity index (χ2n) is 6.79. The highest BCUT2D eigenvalue weighted by molar-refractivity contribution is 5.79. The monoisotopic (exact) mass is 381 g/mol. The third-order valence-corrected chi connectivity index (χ3v) is 5.04. The van der Waals surface area contributed by atoms with Crippen molar-refractivity contribution in [1.29, 1.82) is 0 Å². The second kappa shape index (κ2) is 7.30. The van der Waals surface area contributed by atoms with Gasteiger partial charge in [0.15, 0.2) is 5.82 Å². The summed E-state index contributed by atoms with van der Waals surface area (Å²) < 4.78 is 39.6. The maximum absolute atomic E-state index is 12.7. The fourth-order valence-electron chi connectivity index (χ4n) is 3.28. The minimum absolute atomic E-state index is 0.00479. The molecule has 9 heteroatoms. The number of carbonyl (C=O) groups is 1. The van der Waals surface area contributed by atoms with Crippen molar-refractivity contribution in [2.24, 2.45) is 0 Å². The Morgan fingerprint density at radius 2 is 2.11 bits per heavy atom. The van der Waals surface area contributed by atoms with Gasteiger partial charge in [-0.1, -0.05) is 0 Å². The van der Waals surface area contributed by atoms with Crippen molar-refractivity contribution in [3.8, 4) is 5.82 Å². The Kier molecular flexibility index (Phi) is 5.23. The molecule has 0 spiro atoms. The van der Waals surface area contributed by atoms with E-state index in [-0.39, 0.29) is 24.2 Å². The van der Waals surface area contributed by atoms with Gasteiger partial charge in [-0.15, -0.1) is 0 Å². The van der Waals surface area contributed by atoms with Crippen LogP contribution in [-0.4, -0.2) is 51.8 Å². The van der Waals surface area contributed by atoms with Crippen LogP contribution < -0.4 is 5.32 Å². The maximum atomic E-state index is 12.7. The van der Waals surface area contributed by atoms with Gasteiger partial charge in [-0.25, -0.2) is 9.67 Å². The number of nitrogens with one attached hydrogen (secondary N) is 1. The number of aromatic nitrogens is 3. The van der Waals surface area contributed by atoms with E-state index in [1.54, 1.807) is 25.8 Å². The van der Waals surface area contributed by atoms with Gasteiger partial charge in [-0.05, 0) is 38.9 Å². The zero-order valence-electron chi connectivity index (χ0n) is 15.5. The lowest BCUT2D eigenvalue weighted by molar-refractivity contribution is -0.137. The summed E-state index contributed by atoms with van der Waals surface area (Å²) in [6, 6.07) is 2.44. The molecule has 1 saturated heterocycles. The van der Waals surface area contributed by atoms with Gasteiger partial charge in [0, 0.05) is 37.1 Å². The number of halogens is 3. The van der Waals surface area contributed by atoms with E-state index in [1.807, 2.05) is 0 Å². The maximum Gasteiger partial charge on any atom is 0.417 e. The first-order chi connectivity index (χ1) is 12.7. The highest BCUT2D eigenvalue weighted by Crippen LogP contribution is 2.29. The topological polar surface area (TPSA) is 63.1 Å². The second-order valence-corrected chi connectivity index (χ2v) is 6.79. The number of pyridine rings is 1. The van der Waals surface area contributed by atoms with E-state index in [1.165, 1.54) is 10.7 Å². The van der Waals surface area contributed by atoms with Crippen LogP contribution in [0.5, 0.6) is 0 Å². The van der Waals surface area contributed by atoms with Gasteiger partial charge in [0.25, 0.3) is 0 Å². The van der Waals surface area contributed by atoms with Crippen LogP contribution in [0.15, 0.2) is 18.3 Å². The predicted octanol–water partition coefficient (Wildman–Crippen LogP) is 2.27. The molecule has 1 fully saturated rings. The van der Waals surface area contributed by atoms with Crippen LogP contribution in [-0.2, 0) is 17.4 Å². The molecule has 0 bridgehead atoms. The Hall–Kier alpha value is -2.42. The Balaban J connectivity index is 1.81. The molecule has 1 aliphatic heterocycles. The molecule has 0 unspecified atom stereocenters.